The predicted octanol–water partition coefficient (Wildman–Crippen LogP) is 3.19. The quantitative estimate of drug-likeness (QED) is 0.455. The van der Waals surface area contributed by atoms with Crippen LogP contribution in [0.5, 0.6) is 0 Å². The molecule has 0 aliphatic heterocycles. The van der Waals surface area contributed by atoms with Crippen molar-refractivity contribution in [1.82, 2.24) is 0 Å². The van der Waals surface area contributed by atoms with Gasteiger partial charge in [0, 0.05) is 12.4 Å². The highest BCUT2D eigenvalue weighted by Gasteiger charge is 2.18. The predicted molar refractivity (Wildman–Crippen MR) is 61.1 cm³/mol. The average Bonchev–Trinajstić information content (AvgIpc) is 2.18. The van der Waals surface area contributed by atoms with E-state index in [0.717, 1.165) is 6.42 Å². The van der Waals surface area contributed by atoms with E-state index in [-0.39, 0.29) is 0 Å². The molecular formula is C10H21O4P. The van der Waals surface area contributed by atoms with E-state index in [1.54, 1.807) is 19.9 Å². The van der Waals surface area contributed by atoms with Crippen molar-refractivity contribution in [2.75, 3.05) is 26.4 Å². The molecule has 0 radical (unpaired) electrons. The van der Waals surface area contributed by atoms with Crippen molar-refractivity contribution < 1.29 is 18.3 Å². The molecule has 0 aromatic rings. The van der Waals surface area contributed by atoms with Crippen LogP contribution in [0.3, 0.4) is 0 Å². The fraction of sp³-hybridized carbons (Fsp3) is 0.800. The Morgan fingerprint density at radius 2 is 1.67 bits per heavy atom. The van der Waals surface area contributed by atoms with Gasteiger partial charge >= 0.3 is 7.60 Å². The lowest BCUT2D eigenvalue weighted by atomic mass is 10.5. The lowest BCUT2D eigenvalue weighted by Crippen LogP contribution is -1.94. The van der Waals surface area contributed by atoms with Gasteiger partial charge in [-0.05, 0) is 27.2 Å². The van der Waals surface area contributed by atoms with Gasteiger partial charge < -0.3 is 13.8 Å². The van der Waals surface area contributed by atoms with Crippen LogP contribution in [0.1, 0.15) is 27.2 Å². The number of hydrogen-bond acceptors (Lipinski definition) is 4. The Balaban J connectivity index is 3.98. The van der Waals surface area contributed by atoms with Gasteiger partial charge in [0.15, 0.2) is 0 Å². The van der Waals surface area contributed by atoms with Crippen molar-refractivity contribution in [3.05, 3.63) is 11.9 Å². The number of hydrogen-bond donors (Lipinski definition) is 0. The molecule has 0 aliphatic rings. The molecule has 0 aliphatic carbocycles. The van der Waals surface area contributed by atoms with E-state index in [2.05, 4.69) is 0 Å². The van der Waals surface area contributed by atoms with Crippen LogP contribution in [0.25, 0.3) is 0 Å². The molecular weight excluding hydrogens is 215 g/mol. The third kappa shape index (κ3) is 7.74. The molecule has 0 N–H and O–H groups in total. The summed E-state index contributed by atoms with van der Waals surface area (Å²) in [6.45, 7) is 7.61. The first-order valence-corrected chi connectivity index (χ1v) is 6.94. The maximum atomic E-state index is 11.9. The minimum absolute atomic E-state index is 0.382. The molecule has 4 nitrogen and oxygen atoms in total. The minimum Gasteiger partial charge on any atom is -0.381 e. The first-order valence-electron chi connectivity index (χ1n) is 5.32. The second kappa shape index (κ2) is 9.10. The zero-order valence-corrected chi connectivity index (χ0v) is 10.7. The summed E-state index contributed by atoms with van der Waals surface area (Å²) in [6, 6.07) is 0. The molecule has 90 valence electrons. The standard InChI is InChI=1S/C10H21O4P/c1-4-12-9-7-8-10-15(11,13-5-2)14-6-3/h8,10H,4-7,9H2,1-3H3/b10-8+. The molecule has 15 heavy (non-hydrogen) atoms. The van der Waals surface area contributed by atoms with Gasteiger partial charge in [0.25, 0.3) is 0 Å². The van der Waals surface area contributed by atoms with Gasteiger partial charge in [0.1, 0.15) is 0 Å². The first-order chi connectivity index (χ1) is 7.18. The molecule has 0 rings (SSSR count). The molecule has 0 heterocycles. The normalized spacial score (nSPS) is 12.5. The van der Waals surface area contributed by atoms with Gasteiger partial charge in [-0.15, -0.1) is 0 Å². The third-order valence-electron chi connectivity index (χ3n) is 1.54. The van der Waals surface area contributed by atoms with Crippen molar-refractivity contribution in [2.24, 2.45) is 0 Å². The molecule has 5 heteroatoms. The van der Waals surface area contributed by atoms with E-state index < -0.39 is 7.60 Å². The van der Waals surface area contributed by atoms with E-state index in [9.17, 15) is 4.57 Å². The summed E-state index contributed by atoms with van der Waals surface area (Å²) in [5.41, 5.74) is 0. The van der Waals surface area contributed by atoms with Gasteiger partial charge in [-0.25, -0.2) is 0 Å². The first kappa shape index (κ1) is 14.8. The zero-order valence-electron chi connectivity index (χ0n) is 9.77. The average molecular weight is 236 g/mol. The molecule has 0 saturated heterocycles. The van der Waals surface area contributed by atoms with Crippen molar-refractivity contribution in [2.45, 2.75) is 27.2 Å². The fourth-order valence-electron chi connectivity index (χ4n) is 0.983. The Morgan fingerprint density at radius 1 is 1.07 bits per heavy atom. The third-order valence-corrected chi connectivity index (χ3v) is 3.35. The Hall–Kier alpha value is -0.150. The Morgan fingerprint density at radius 3 is 2.13 bits per heavy atom. The Bertz CT molecular complexity index is 205. The maximum Gasteiger partial charge on any atom is 0.353 e. The summed E-state index contributed by atoms with van der Waals surface area (Å²) in [5.74, 6) is 1.51. The summed E-state index contributed by atoms with van der Waals surface area (Å²) in [7, 11) is -3.00. The summed E-state index contributed by atoms with van der Waals surface area (Å²) in [5, 5.41) is 0. The number of ether oxygens (including phenoxy) is 1. The fourth-order valence-corrected chi connectivity index (χ4v) is 2.36. The molecule has 0 atom stereocenters. The van der Waals surface area contributed by atoms with Crippen LogP contribution in [0, 0.1) is 0 Å². The van der Waals surface area contributed by atoms with Gasteiger partial charge in [0.2, 0.25) is 0 Å². The molecule has 0 aromatic heterocycles. The highest BCUT2D eigenvalue weighted by molar-refractivity contribution is 7.57. The van der Waals surface area contributed by atoms with E-state index in [1.807, 2.05) is 6.92 Å². The van der Waals surface area contributed by atoms with Crippen LogP contribution in [0.2, 0.25) is 0 Å². The van der Waals surface area contributed by atoms with Crippen molar-refractivity contribution in [3.63, 3.8) is 0 Å². The van der Waals surface area contributed by atoms with Crippen LogP contribution < -0.4 is 0 Å². The second-order valence-electron chi connectivity index (χ2n) is 2.75. The topological polar surface area (TPSA) is 44.8 Å². The summed E-state index contributed by atoms with van der Waals surface area (Å²) >= 11 is 0. The number of rotatable bonds is 9. The highest BCUT2D eigenvalue weighted by Crippen LogP contribution is 2.49. The maximum absolute atomic E-state index is 11.9. The lowest BCUT2D eigenvalue weighted by Gasteiger charge is -2.12. The molecule has 0 fully saturated rings. The summed E-state index contributed by atoms with van der Waals surface area (Å²) < 4.78 is 27.2. The second-order valence-corrected chi connectivity index (χ2v) is 4.64. The highest BCUT2D eigenvalue weighted by atomic mass is 31.2. The largest absolute Gasteiger partial charge is 0.381 e. The molecule has 0 unspecified atom stereocenters. The monoisotopic (exact) mass is 236 g/mol. The SMILES string of the molecule is CCOCC/C=C/P(=O)(OCC)OCC. The summed E-state index contributed by atoms with van der Waals surface area (Å²) in [4.78, 5) is 0. The van der Waals surface area contributed by atoms with Crippen molar-refractivity contribution >= 4 is 7.60 Å². The van der Waals surface area contributed by atoms with Gasteiger partial charge in [-0.1, -0.05) is 6.08 Å². The Kier molecular flexibility index (Phi) is 9.01. The van der Waals surface area contributed by atoms with Crippen LogP contribution in [0.15, 0.2) is 11.9 Å². The van der Waals surface area contributed by atoms with Crippen LogP contribution >= 0.6 is 7.60 Å². The van der Waals surface area contributed by atoms with E-state index in [4.69, 9.17) is 13.8 Å². The minimum atomic E-state index is -3.00. The van der Waals surface area contributed by atoms with E-state index in [1.165, 1.54) is 5.82 Å². The smallest absolute Gasteiger partial charge is 0.353 e. The van der Waals surface area contributed by atoms with Crippen molar-refractivity contribution in [3.8, 4) is 0 Å². The van der Waals surface area contributed by atoms with Crippen LogP contribution in [-0.2, 0) is 18.3 Å². The van der Waals surface area contributed by atoms with E-state index >= 15 is 0 Å². The van der Waals surface area contributed by atoms with E-state index in [0.29, 0.717) is 26.4 Å². The van der Waals surface area contributed by atoms with Crippen LogP contribution in [0.4, 0.5) is 0 Å². The molecule has 0 spiro atoms. The molecule has 0 bridgehead atoms. The molecule has 0 aromatic carbocycles. The van der Waals surface area contributed by atoms with Crippen molar-refractivity contribution in [1.29, 1.82) is 0 Å². The van der Waals surface area contributed by atoms with Gasteiger partial charge in [-0.3, -0.25) is 4.57 Å². The van der Waals surface area contributed by atoms with Gasteiger partial charge in [0.05, 0.1) is 19.8 Å². The summed E-state index contributed by atoms with van der Waals surface area (Å²) in [6.07, 6.45) is 2.50. The lowest BCUT2D eigenvalue weighted by molar-refractivity contribution is 0.152. The zero-order chi connectivity index (χ0) is 11.6. The molecule has 0 amide bonds. The van der Waals surface area contributed by atoms with Crippen LogP contribution in [-0.4, -0.2) is 26.4 Å². The van der Waals surface area contributed by atoms with Gasteiger partial charge in [-0.2, -0.15) is 0 Å². The Labute approximate surface area is 92.1 Å². The molecule has 0 saturated carbocycles.